The summed E-state index contributed by atoms with van der Waals surface area (Å²) in [5.41, 5.74) is 2.80. The molecule has 3 aromatic heterocycles. The Bertz CT molecular complexity index is 2270. The molecule has 6 rings (SSSR count). The van der Waals surface area contributed by atoms with Gasteiger partial charge in [-0.25, -0.2) is 9.97 Å². The number of imide groups is 2. The van der Waals surface area contributed by atoms with Crippen LogP contribution in [0.1, 0.15) is 74.6 Å². The van der Waals surface area contributed by atoms with E-state index in [1.165, 1.54) is 24.6 Å². The van der Waals surface area contributed by atoms with Gasteiger partial charge in [0.15, 0.2) is 5.69 Å². The molecule has 4 aromatic rings. The van der Waals surface area contributed by atoms with Crippen molar-refractivity contribution in [2.75, 3.05) is 83.2 Å². The normalized spacial score (nSPS) is 15.1. The van der Waals surface area contributed by atoms with Gasteiger partial charge in [-0.2, -0.15) is 18.3 Å². The number of hydrogen-bond donors (Lipinski definition) is 3. The fraction of sp³-hybridized carbons (Fsp3) is 0.488. The van der Waals surface area contributed by atoms with E-state index < -0.39 is 48.3 Å². The van der Waals surface area contributed by atoms with Crippen molar-refractivity contribution in [3.05, 3.63) is 77.1 Å². The van der Waals surface area contributed by atoms with Crippen molar-refractivity contribution >= 4 is 41.0 Å². The number of unbranched alkanes of at least 4 members (excludes halogenated alkanes) is 1. The van der Waals surface area contributed by atoms with Crippen LogP contribution in [-0.4, -0.2) is 139 Å². The Labute approximate surface area is 371 Å². The third-order valence-electron chi connectivity index (χ3n) is 10.1. The first-order chi connectivity index (χ1) is 31.4. The van der Waals surface area contributed by atoms with E-state index in [2.05, 4.69) is 31.0 Å². The van der Waals surface area contributed by atoms with Crippen molar-refractivity contribution in [3.63, 3.8) is 0 Å². The molecule has 1 fully saturated rings. The summed E-state index contributed by atoms with van der Waals surface area (Å²) in [6, 6.07) is 6.93. The van der Waals surface area contributed by atoms with Crippen LogP contribution in [0.15, 0.2) is 53.4 Å². The maximum absolute atomic E-state index is 13.2. The molecule has 1 aromatic carbocycles. The monoisotopic (exact) mass is 912 g/mol. The van der Waals surface area contributed by atoms with Crippen molar-refractivity contribution in [3.8, 4) is 11.5 Å². The van der Waals surface area contributed by atoms with Gasteiger partial charge in [-0.1, -0.05) is 12.1 Å². The number of carbonyl (C=O) groups excluding carboxylic acids is 5. The lowest BCUT2D eigenvalue weighted by Crippen LogP contribution is -2.54. The number of anilines is 2. The molecule has 0 spiro atoms. The lowest BCUT2D eigenvalue weighted by atomic mass is 9.99. The minimum Gasteiger partial charge on any atom is -0.444 e. The first-order valence-corrected chi connectivity index (χ1v) is 21.2. The molecule has 0 aliphatic carbocycles. The summed E-state index contributed by atoms with van der Waals surface area (Å²) in [6.45, 7) is 2.89. The van der Waals surface area contributed by atoms with Gasteiger partial charge in [0.1, 0.15) is 24.7 Å². The zero-order valence-electron chi connectivity index (χ0n) is 35.8. The van der Waals surface area contributed by atoms with Crippen molar-refractivity contribution in [2.24, 2.45) is 7.05 Å². The molecule has 0 saturated carbocycles. The van der Waals surface area contributed by atoms with Crippen LogP contribution in [0, 0.1) is 0 Å². The van der Waals surface area contributed by atoms with Gasteiger partial charge in [0.25, 0.3) is 17.7 Å². The highest BCUT2D eigenvalue weighted by atomic mass is 19.4. The number of hydrogen-bond acceptors (Lipinski definition) is 15. The van der Waals surface area contributed by atoms with Gasteiger partial charge < -0.3 is 38.7 Å². The number of halogens is 3. The summed E-state index contributed by atoms with van der Waals surface area (Å²) in [5, 5.41) is 11.7. The number of pyridine rings is 1. The van der Waals surface area contributed by atoms with E-state index in [9.17, 15) is 37.1 Å². The number of carbonyl (C=O) groups is 5. The maximum atomic E-state index is 13.2. The first kappa shape index (κ1) is 48.4. The van der Waals surface area contributed by atoms with Crippen LogP contribution >= 0.6 is 0 Å². The molecule has 1 atom stereocenters. The van der Waals surface area contributed by atoms with Gasteiger partial charge in [0.2, 0.25) is 17.7 Å². The van der Waals surface area contributed by atoms with E-state index in [1.54, 1.807) is 36.1 Å². The fourth-order valence-electron chi connectivity index (χ4n) is 7.01. The SMILES string of the molecule is Cn1cc(NC(=O)c2coc(-c3ccnc(NCC(F)(F)F)c3)n2)c(CCCCOCCOCCOCCOCCOCCCc2cccc3c2C(=O)N(C2CCC(=O)NC2=O)C3=O)n1. The molecule has 2 aliphatic heterocycles. The van der Waals surface area contributed by atoms with Crippen LogP contribution in [0.4, 0.5) is 24.7 Å². The molecule has 22 heteroatoms. The van der Waals surface area contributed by atoms with Gasteiger partial charge in [-0.15, -0.1) is 0 Å². The minimum absolute atomic E-state index is 0.0164. The van der Waals surface area contributed by atoms with Crippen LogP contribution in [0.25, 0.3) is 11.5 Å². The number of nitrogens with one attached hydrogen (secondary N) is 3. The molecule has 0 bridgehead atoms. The number of oxazole rings is 1. The minimum atomic E-state index is -4.41. The molecule has 1 unspecified atom stereocenters. The summed E-state index contributed by atoms with van der Waals surface area (Å²) in [6.07, 6.45) is 3.12. The van der Waals surface area contributed by atoms with Crippen molar-refractivity contribution < 1.29 is 65.2 Å². The fourth-order valence-corrected chi connectivity index (χ4v) is 7.01. The summed E-state index contributed by atoms with van der Waals surface area (Å²) < 4.78 is 72.7. The van der Waals surface area contributed by atoms with Crippen LogP contribution < -0.4 is 16.0 Å². The van der Waals surface area contributed by atoms with E-state index in [4.69, 9.17) is 28.1 Å². The molecule has 350 valence electrons. The summed E-state index contributed by atoms with van der Waals surface area (Å²) in [4.78, 5) is 72.1. The first-order valence-electron chi connectivity index (χ1n) is 21.2. The third-order valence-corrected chi connectivity index (χ3v) is 10.1. The number of aromatic nitrogens is 4. The Hall–Kier alpha value is -6.07. The van der Waals surface area contributed by atoms with Crippen LogP contribution in [0.3, 0.4) is 0 Å². The van der Waals surface area contributed by atoms with E-state index in [1.807, 2.05) is 0 Å². The van der Waals surface area contributed by atoms with Crippen LogP contribution in [0.5, 0.6) is 0 Å². The number of piperidine rings is 1. The van der Waals surface area contributed by atoms with E-state index in [-0.39, 0.29) is 35.8 Å². The second-order valence-electron chi connectivity index (χ2n) is 15.0. The molecular weight excluding hydrogens is 862 g/mol. The number of aryl methyl sites for hydroxylation is 3. The third kappa shape index (κ3) is 14.2. The smallest absolute Gasteiger partial charge is 0.405 e. The molecule has 5 heterocycles. The van der Waals surface area contributed by atoms with Gasteiger partial charge in [0.05, 0.1) is 75.4 Å². The Morgan fingerprint density at radius 1 is 0.877 bits per heavy atom. The van der Waals surface area contributed by atoms with Crippen molar-refractivity contribution in [2.45, 2.75) is 57.2 Å². The molecule has 19 nitrogen and oxygen atoms in total. The highest BCUT2D eigenvalue weighted by molar-refractivity contribution is 6.24. The van der Waals surface area contributed by atoms with Crippen molar-refractivity contribution in [1.82, 2.24) is 30.0 Å². The number of fused-ring (bicyclic) bond motifs is 1. The summed E-state index contributed by atoms with van der Waals surface area (Å²) >= 11 is 0. The maximum Gasteiger partial charge on any atom is 0.405 e. The molecule has 5 amide bonds. The van der Waals surface area contributed by atoms with Gasteiger partial charge >= 0.3 is 6.18 Å². The second kappa shape index (κ2) is 23.7. The second-order valence-corrected chi connectivity index (χ2v) is 15.0. The standard InChI is InChI=1S/C43H51F3N8O11/c1-53-25-32(49-38(56)33-26-65-40(50-33)29-12-13-47-35(24-29)48-27-43(44,45)46)31(52-53)9-2-3-14-60-16-18-62-20-22-64-23-21-63-19-17-61-15-5-7-28-6-4-8-30-37(28)42(59)54(41(30)58)34-10-11-36(55)51-39(34)57/h4,6,8,12-13,24-26,34H,2-3,5,7,9-11,14-23,27H2,1H3,(H,47,48)(H,49,56)(H,51,55,57). The Morgan fingerprint density at radius 2 is 1.55 bits per heavy atom. The number of alkyl halides is 3. The van der Waals surface area contributed by atoms with Crippen molar-refractivity contribution in [1.29, 1.82) is 0 Å². The lowest BCUT2D eigenvalue weighted by molar-refractivity contribution is -0.136. The quantitative estimate of drug-likeness (QED) is 0.0565. The summed E-state index contributed by atoms with van der Waals surface area (Å²) in [7, 11) is 1.74. The predicted molar refractivity (Wildman–Crippen MR) is 224 cm³/mol. The van der Waals surface area contributed by atoms with E-state index >= 15 is 0 Å². The lowest BCUT2D eigenvalue weighted by Gasteiger charge is -2.27. The van der Waals surface area contributed by atoms with E-state index in [0.717, 1.165) is 17.7 Å². The zero-order chi connectivity index (χ0) is 46.2. The zero-order valence-corrected chi connectivity index (χ0v) is 35.8. The molecule has 2 aliphatic rings. The van der Waals surface area contributed by atoms with Crippen LogP contribution in [-0.2, 0) is 53.2 Å². The van der Waals surface area contributed by atoms with Gasteiger partial charge in [0, 0.05) is 44.6 Å². The molecule has 0 radical (unpaired) electrons. The summed E-state index contributed by atoms with van der Waals surface area (Å²) in [5.74, 6) is -2.61. The van der Waals surface area contributed by atoms with Gasteiger partial charge in [-0.3, -0.25) is 38.9 Å². The molecule has 65 heavy (non-hydrogen) atoms. The Kier molecular flexibility index (Phi) is 17.7. The number of ether oxygens (including phenoxy) is 5. The number of rotatable bonds is 27. The molecule has 3 N–H and O–H groups in total. The van der Waals surface area contributed by atoms with Gasteiger partial charge in [-0.05, 0) is 62.3 Å². The highest BCUT2D eigenvalue weighted by Crippen LogP contribution is 2.31. The van der Waals surface area contributed by atoms with Crippen LogP contribution in [0.2, 0.25) is 0 Å². The average molecular weight is 913 g/mol. The molecule has 1 saturated heterocycles. The average Bonchev–Trinajstić information content (AvgIpc) is 3.98. The number of nitrogens with zero attached hydrogens (tertiary/aromatic N) is 5. The number of amides is 5. The predicted octanol–water partition coefficient (Wildman–Crippen LogP) is 4.14. The van der Waals surface area contributed by atoms with E-state index in [0.29, 0.717) is 113 Å². The topological polar surface area (TPSA) is 228 Å². The molecular formula is C43H51F3N8O11. The number of benzene rings is 1. The Morgan fingerprint density at radius 3 is 2.23 bits per heavy atom. The highest BCUT2D eigenvalue weighted by Gasteiger charge is 2.45. The largest absolute Gasteiger partial charge is 0.444 e. The Balaban J connectivity index is 0.741.